The standard InChI is InChI=1S/C30H25N3O5S2/c1-17-14-21-15-20(10-13-23(21)38-17)26(34)24-25(19-8-11-22(37-2)12-9-19)33(28(36)27(24)35)29-31-32-30(40-29)39-16-18-6-4-3-5-7-18/h3-13,15,17,25,34H,14,16H2,1-2H3/b26-24+/t17-,25+/m0/s1. The second-order valence-corrected chi connectivity index (χ2v) is 11.7. The molecule has 1 aromatic heterocycles. The zero-order valence-electron chi connectivity index (χ0n) is 21.7. The van der Waals surface area contributed by atoms with Crippen molar-refractivity contribution in [1.29, 1.82) is 0 Å². The average molecular weight is 572 g/mol. The number of rotatable bonds is 7. The lowest BCUT2D eigenvalue weighted by Gasteiger charge is -2.22. The third-order valence-corrected chi connectivity index (χ3v) is 8.98. The van der Waals surface area contributed by atoms with Crippen LogP contribution in [0.4, 0.5) is 5.13 Å². The van der Waals surface area contributed by atoms with E-state index >= 15 is 0 Å². The maximum absolute atomic E-state index is 13.5. The SMILES string of the molecule is COc1ccc([C@@H]2/C(=C(\O)c3ccc4c(c3)C[C@H](C)O4)C(=O)C(=O)N2c2nnc(SCc3ccccc3)s2)cc1. The van der Waals surface area contributed by atoms with E-state index in [9.17, 15) is 14.7 Å². The number of carbonyl (C=O) groups excluding carboxylic acids is 2. The number of aliphatic hydroxyl groups excluding tert-OH is 1. The van der Waals surface area contributed by atoms with Crippen LogP contribution < -0.4 is 14.4 Å². The number of thioether (sulfide) groups is 1. The van der Waals surface area contributed by atoms with Gasteiger partial charge in [0.15, 0.2) is 4.34 Å². The number of methoxy groups -OCH3 is 1. The van der Waals surface area contributed by atoms with Crippen LogP contribution in [0.2, 0.25) is 0 Å². The first-order valence-corrected chi connectivity index (χ1v) is 14.5. The van der Waals surface area contributed by atoms with Gasteiger partial charge in [0.25, 0.3) is 5.78 Å². The van der Waals surface area contributed by atoms with Crippen LogP contribution in [0.5, 0.6) is 11.5 Å². The Morgan fingerprint density at radius 2 is 1.88 bits per heavy atom. The van der Waals surface area contributed by atoms with Crippen LogP contribution in [0, 0.1) is 0 Å². The molecule has 3 aromatic carbocycles. The van der Waals surface area contributed by atoms with Crippen LogP contribution in [0.25, 0.3) is 5.76 Å². The van der Waals surface area contributed by atoms with Crippen molar-refractivity contribution >= 4 is 45.7 Å². The molecule has 0 unspecified atom stereocenters. The summed E-state index contributed by atoms with van der Waals surface area (Å²) in [6.45, 7) is 1.98. The molecule has 0 aliphatic carbocycles. The summed E-state index contributed by atoms with van der Waals surface area (Å²) in [6, 6.07) is 21.5. The third kappa shape index (κ3) is 4.84. The van der Waals surface area contributed by atoms with Crippen LogP contribution in [0.15, 0.2) is 82.7 Å². The van der Waals surface area contributed by atoms with Gasteiger partial charge in [0.2, 0.25) is 5.13 Å². The zero-order valence-corrected chi connectivity index (χ0v) is 23.4. The molecule has 1 fully saturated rings. The topological polar surface area (TPSA) is 102 Å². The van der Waals surface area contributed by atoms with E-state index in [4.69, 9.17) is 9.47 Å². The van der Waals surface area contributed by atoms with Gasteiger partial charge < -0.3 is 14.6 Å². The molecule has 2 aliphatic rings. The van der Waals surface area contributed by atoms with Crippen LogP contribution >= 0.6 is 23.1 Å². The number of nitrogens with zero attached hydrogens (tertiary/aromatic N) is 3. The lowest BCUT2D eigenvalue weighted by Crippen LogP contribution is -2.29. The Kier molecular flexibility index (Phi) is 7.03. The van der Waals surface area contributed by atoms with E-state index in [1.54, 1.807) is 43.5 Å². The van der Waals surface area contributed by atoms with Crippen LogP contribution in [-0.4, -0.2) is 40.2 Å². The van der Waals surface area contributed by atoms with Crippen molar-refractivity contribution in [3.05, 3.63) is 101 Å². The summed E-state index contributed by atoms with van der Waals surface area (Å²) in [5, 5.41) is 20.3. The first kappa shape index (κ1) is 26.1. The van der Waals surface area contributed by atoms with Gasteiger partial charge in [-0.2, -0.15) is 0 Å². The number of aromatic nitrogens is 2. The van der Waals surface area contributed by atoms with Crippen LogP contribution in [-0.2, 0) is 21.8 Å². The molecule has 1 N–H and O–H groups in total. The maximum Gasteiger partial charge on any atom is 0.301 e. The van der Waals surface area contributed by atoms with Crippen molar-refractivity contribution in [3.63, 3.8) is 0 Å². The fraction of sp³-hybridized carbons (Fsp3) is 0.200. The number of hydrogen-bond acceptors (Lipinski definition) is 9. The smallest absolute Gasteiger partial charge is 0.301 e. The Balaban J connectivity index is 1.40. The van der Waals surface area contributed by atoms with Crippen molar-refractivity contribution in [1.82, 2.24) is 10.2 Å². The molecule has 1 saturated heterocycles. The van der Waals surface area contributed by atoms with E-state index in [2.05, 4.69) is 10.2 Å². The number of anilines is 1. The Bertz CT molecular complexity index is 1620. The molecule has 10 heteroatoms. The van der Waals surface area contributed by atoms with Gasteiger partial charge in [-0.15, -0.1) is 10.2 Å². The number of ether oxygens (including phenoxy) is 2. The molecular weight excluding hydrogens is 546 g/mol. The molecule has 0 saturated carbocycles. The molecule has 1 amide bonds. The predicted octanol–water partition coefficient (Wildman–Crippen LogP) is 5.79. The second kappa shape index (κ2) is 10.8. The Morgan fingerprint density at radius 3 is 2.62 bits per heavy atom. The highest BCUT2D eigenvalue weighted by Crippen LogP contribution is 2.45. The molecular formula is C30H25N3O5S2. The van der Waals surface area contributed by atoms with E-state index in [1.807, 2.05) is 43.3 Å². The van der Waals surface area contributed by atoms with E-state index in [1.165, 1.54) is 28.0 Å². The molecule has 4 aromatic rings. The number of fused-ring (bicyclic) bond motifs is 1. The van der Waals surface area contributed by atoms with Crippen LogP contribution in [0.3, 0.4) is 0 Å². The molecule has 2 aliphatic heterocycles. The maximum atomic E-state index is 13.5. The van der Waals surface area contributed by atoms with E-state index in [0.29, 0.717) is 33.4 Å². The lowest BCUT2D eigenvalue weighted by atomic mass is 9.94. The molecule has 6 rings (SSSR count). The summed E-state index contributed by atoms with van der Waals surface area (Å²) in [5.41, 5.74) is 3.15. The number of benzene rings is 3. The fourth-order valence-electron chi connectivity index (χ4n) is 4.93. The predicted molar refractivity (Wildman–Crippen MR) is 154 cm³/mol. The van der Waals surface area contributed by atoms with E-state index < -0.39 is 17.7 Å². The number of amides is 1. The van der Waals surface area contributed by atoms with E-state index in [-0.39, 0.29) is 22.6 Å². The molecule has 0 bridgehead atoms. The molecule has 3 heterocycles. The summed E-state index contributed by atoms with van der Waals surface area (Å²) >= 11 is 2.74. The first-order valence-electron chi connectivity index (χ1n) is 12.7. The third-order valence-electron chi connectivity index (χ3n) is 6.85. The summed E-state index contributed by atoms with van der Waals surface area (Å²) in [6.07, 6.45) is 0.726. The average Bonchev–Trinajstić information content (AvgIpc) is 3.67. The van der Waals surface area contributed by atoms with Gasteiger partial charge >= 0.3 is 5.91 Å². The highest BCUT2D eigenvalue weighted by atomic mass is 32.2. The summed E-state index contributed by atoms with van der Waals surface area (Å²) in [4.78, 5) is 28.3. The number of ketones is 1. The Morgan fingerprint density at radius 1 is 1.10 bits per heavy atom. The number of aliphatic hydroxyl groups is 1. The fourth-order valence-corrected chi connectivity index (χ4v) is 6.76. The van der Waals surface area contributed by atoms with Crippen molar-refractivity contribution < 1.29 is 24.2 Å². The van der Waals surface area contributed by atoms with E-state index in [0.717, 1.165) is 16.9 Å². The number of Topliss-reactive ketones (excluding diaryl/α,β-unsaturated/α-hetero) is 1. The van der Waals surface area contributed by atoms with Crippen molar-refractivity contribution in [2.24, 2.45) is 0 Å². The Hall–Kier alpha value is -4.15. The molecule has 202 valence electrons. The van der Waals surface area contributed by atoms with Crippen molar-refractivity contribution in [2.45, 2.75) is 35.6 Å². The summed E-state index contributed by atoms with van der Waals surface area (Å²) < 4.78 is 11.8. The second-order valence-electron chi connectivity index (χ2n) is 9.52. The molecule has 2 atom stereocenters. The van der Waals surface area contributed by atoms with Crippen molar-refractivity contribution in [3.8, 4) is 11.5 Å². The largest absolute Gasteiger partial charge is 0.507 e. The first-order chi connectivity index (χ1) is 19.4. The zero-order chi connectivity index (χ0) is 27.8. The van der Waals surface area contributed by atoms with Gasteiger partial charge in [-0.3, -0.25) is 14.5 Å². The molecule has 40 heavy (non-hydrogen) atoms. The molecule has 0 radical (unpaired) electrons. The summed E-state index contributed by atoms with van der Waals surface area (Å²) in [5.74, 6) is 0.284. The van der Waals surface area contributed by atoms with Gasteiger partial charge in [-0.25, -0.2) is 0 Å². The minimum absolute atomic E-state index is 0.00392. The van der Waals surface area contributed by atoms with Gasteiger partial charge in [0, 0.05) is 17.7 Å². The molecule has 0 spiro atoms. The normalized spacial score (nSPS) is 19.5. The number of hydrogen-bond donors (Lipinski definition) is 1. The highest BCUT2D eigenvalue weighted by molar-refractivity contribution is 8.00. The van der Waals surface area contributed by atoms with Gasteiger partial charge in [0.1, 0.15) is 23.4 Å². The summed E-state index contributed by atoms with van der Waals surface area (Å²) in [7, 11) is 1.56. The van der Waals surface area contributed by atoms with Gasteiger partial charge in [0.05, 0.1) is 18.7 Å². The molecule has 8 nitrogen and oxygen atoms in total. The van der Waals surface area contributed by atoms with Gasteiger partial charge in [-0.05, 0) is 53.9 Å². The Labute approximate surface area is 239 Å². The van der Waals surface area contributed by atoms with Gasteiger partial charge in [-0.1, -0.05) is 65.6 Å². The quantitative estimate of drug-likeness (QED) is 0.0978. The van der Waals surface area contributed by atoms with Crippen LogP contribution in [0.1, 0.15) is 35.2 Å². The minimum Gasteiger partial charge on any atom is -0.507 e. The monoisotopic (exact) mass is 571 g/mol. The lowest BCUT2D eigenvalue weighted by molar-refractivity contribution is -0.132. The minimum atomic E-state index is -0.894. The highest BCUT2D eigenvalue weighted by Gasteiger charge is 2.48. The number of carbonyl (C=O) groups is 2. The van der Waals surface area contributed by atoms with Crippen molar-refractivity contribution in [2.75, 3.05) is 12.0 Å².